The molecule has 1 saturated carbocycles. The molecule has 6 heteroatoms. The Morgan fingerprint density at radius 3 is 2.45 bits per heavy atom. The number of halogens is 3. The van der Waals surface area contributed by atoms with E-state index in [9.17, 15) is 4.79 Å². The van der Waals surface area contributed by atoms with Gasteiger partial charge in [0.25, 0.3) is 5.91 Å². The second kappa shape index (κ2) is 7.39. The summed E-state index contributed by atoms with van der Waals surface area (Å²) in [5, 5.41) is 4.01. The van der Waals surface area contributed by atoms with Gasteiger partial charge in [0.15, 0.2) is 6.61 Å². The van der Waals surface area contributed by atoms with E-state index in [1.165, 1.54) is 31.4 Å². The highest BCUT2D eigenvalue weighted by Gasteiger charge is 2.16. The Morgan fingerprint density at radius 2 is 1.75 bits per heavy atom. The number of carbonyl (C=O) groups excluding carboxylic acids is 1. The topological polar surface area (TPSA) is 38.3 Å². The molecule has 0 heterocycles. The number of rotatable bonds is 4. The smallest absolute Gasteiger partial charge is 0.258 e. The van der Waals surface area contributed by atoms with Crippen LogP contribution in [0.4, 0.5) is 0 Å². The summed E-state index contributed by atoms with van der Waals surface area (Å²) in [4.78, 5) is 11.8. The molecule has 20 heavy (non-hydrogen) atoms. The van der Waals surface area contributed by atoms with Crippen molar-refractivity contribution in [2.75, 3.05) is 6.61 Å². The van der Waals surface area contributed by atoms with Crippen molar-refractivity contribution in [2.45, 2.75) is 38.1 Å². The van der Waals surface area contributed by atoms with Crippen LogP contribution < -0.4 is 10.1 Å². The van der Waals surface area contributed by atoms with Crippen LogP contribution in [0.2, 0.25) is 15.1 Å². The first-order chi connectivity index (χ1) is 9.56. The van der Waals surface area contributed by atoms with Gasteiger partial charge >= 0.3 is 0 Å². The van der Waals surface area contributed by atoms with E-state index >= 15 is 0 Å². The fourth-order valence-electron chi connectivity index (χ4n) is 2.27. The molecule has 0 atom stereocenters. The first-order valence-corrected chi connectivity index (χ1v) is 7.76. The zero-order valence-corrected chi connectivity index (χ0v) is 13.2. The van der Waals surface area contributed by atoms with E-state index in [2.05, 4.69) is 5.32 Å². The molecule has 1 aliphatic rings. The molecule has 0 radical (unpaired) electrons. The van der Waals surface area contributed by atoms with Gasteiger partial charge in [-0.15, -0.1) is 0 Å². The Bertz CT molecular complexity index is 488. The Labute approximate surface area is 133 Å². The van der Waals surface area contributed by atoms with Crippen molar-refractivity contribution in [1.29, 1.82) is 0 Å². The largest absolute Gasteiger partial charge is 0.482 e. The quantitative estimate of drug-likeness (QED) is 0.824. The summed E-state index contributed by atoms with van der Waals surface area (Å²) in [6, 6.07) is 3.28. The summed E-state index contributed by atoms with van der Waals surface area (Å²) in [5.41, 5.74) is 0. The van der Waals surface area contributed by atoms with Gasteiger partial charge in [0.1, 0.15) is 5.75 Å². The monoisotopic (exact) mass is 335 g/mol. The summed E-state index contributed by atoms with van der Waals surface area (Å²) in [6.07, 6.45) is 5.68. The van der Waals surface area contributed by atoms with Crippen LogP contribution in [0.15, 0.2) is 12.1 Å². The maximum absolute atomic E-state index is 11.8. The Kier molecular flexibility index (Phi) is 5.82. The summed E-state index contributed by atoms with van der Waals surface area (Å²) in [6.45, 7) is -0.0752. The predicted octanol–water partition coefficient (Wildman–Crippen LogP) is 4.47. The first kappa shape index (κ1) is 15.7. The molecule has 0 aromatic heterocycles. The van der Waals surface area contributed by atoms with Crippen molar-refractivity contribution in [3.63, 3.8) is 0 Å². The van der Waals surface area contributed by atoms with E-state index in [1.54, 1.807) is 0 Å². The molecule has 110 valence electrons. The SMILES string of the molecule is O=C(COc1cc(Cl)c(Cl)cc1Cl)NC1CCCCC1. The van der Waals surface area contributed by atoms with Crippen LogP contribution in [0.1, 0.15) is 32.1 Å². The standard InChI is InChI=1S/C14H16Cl3NO2/c15-10-6-12(17)13(7-11(10)16)20-8-14(19)18-9-4-2-1-3-5-9/h6-7,9H,1-5,8H2,(H,18,19). The van der Waals surface area contributed by atoms with Gasteiger partial charge in [-0.1, -0.05) is 54.1 Å². The zero-order chi connectivity index (χ0) is 14.5. The normalized spacial score (nSPS) is 15.9. The van der Waals surface area contributed by atoms with Gasteiger partial charge in [-0.05, 0) is 18.9 Å². The van der Waals surface area contributed by atoms with Gasteiger partial charge in [0, 0.05) is 12.1 Å². The molecule has 1 aromatic carbocycles. The highest BCUT2D eigenvalue weighted by Crippen LogP contribution is 2.33. The summed E-state index contributed by atoms with van der Waals surface area (Å²) >= 11 is 17.7. The minimum Gasteiger partial charge on any atom is -0.482 e. The minimum absolute atomic E-state index is 0.0752. The highest BCUT2D eigenvalue weighted by atomic mass is 35.5. The molecular weight excluding hydrogens is 321 g/mol. The van der Waals surface area contributed by atoms with Crippen molar-refractivity contribution in [1.82, 2.24) is 5.32 Å². The van der Waals surface area contributed by atoms with E-state index in [4.69, 9.17) is 39.5 Å². The van der Waals surface area contributed by atoms with Crippen LogP contribution in [0.3, 0.4) is 0 Å². The number of amides is 1. The number of hydrogen-bond donors (Lipinski definition) is 1. The van der Waals surface area contributed by atoms with Crippen LogP contribution in [0.25, 0.3) is 0 Å². The average Bonchev–Trinajstić information content (AvgIpc) is 2.42. The fraction of sp³-hybridized carbons (Fsp3) is 0.500. The van der Waals surface area contributed by atoms with E-state index in [0.717, 1.165) is 12.8 Å². The van der Waals surface area contributed by atoms with Crippen LogP contribution in [0, 0.1) is 0 Å². The van der Waals surface area contributed by atoms with Crippen molar-refractivity contribution in [2.24, 2.45) is 0 Å². The van der Waals surface area contributed by atoms with Gasteiger partial charge < -0.3 is 10.1 Å². The third-order valence-corrected chi connectivity index (χ3v) is 4.32. The van der Waals surface area contributed by atoms with E-state index in [-0.39, 0.29) is 18.6 Å². The highest BCUT2D eigenvalue weighted by molar-refractivity contribution is 6.43. The van der Waals surface area contributed by atoms with Gasteiger partial charge in [-0.2, -0.15) is 0 Å². The molecule has 1 N–H and O–H groups in total. The second-order valence-corrected chi connectivity index (χ2v) is 6.11. The lowest BCUT2D eigenvalue weighted by atomic mass is 9.95. The lowest BCUT2D eigenvalue weighted by molar-refractivity contribution is -0.124. The molecule has 3 nitrogen and oxygen atoms in total. The maximum Gasteiger partial charge on any atom is 0.258 e. The molecule has 2 rings (SSSR count). The molecule has 1 fully saturated rings. The third-order valence-electron chi connectivity index (χ3n) is 3.30. The molecule has 0 spiro atoms. The Balaban J connectivity index is 1.85. The van der Waals surface area contributed by atoms with Crippen molar-refractivity contribution in [3.05, 3.63) is 27.2 Å². The van der Waals surface area contributed by atoms with Gasteiger partial charge in [-0.25, -0.2) is 0 Å². The van der Waals surface area contributed by atoms with Crippen LogP contribution in [-0.4, -0.2) is 18.6 Å². The summed E-state index contributed by atoms with van der Waals surface area (Å²) in [5.74, 6) is 0.221. The summed E-state index contributed by atoms with van der Waals surface area (Å²) in [7, 11) is 0. The average molecular weight is 337 g/mol. The van der Waals surface area contributed by atoms with Crippen molar-refractivity contribution >= 4 is 40.7 Å². The number of ether oxygens (including phenoxy) is 1. The minimum atomic E-state index is -0.140. The molecule has 1 aromatic rings. The van der Waals surface area contributed by atoms with E-state index in [0.29, 0.717) is 20.8 Å². The van der Waals surface area contributed by atoms with Crippen molar-refractivity contribution < 1.29 is 9.53 Å². The maximum atomic E-state index is 11.8. The molecule has 1 amide bonds. The van der Waals surface area contributed by atoms with Crippen LogP contribution >= 0.6 is 34.8 Å². The molecule has 0 unspecified atom stereocenters. The van der Waals surface area contributed by atoms with E-state index < -0.39 is 0 Å². The van der Waals surface area contributed by atoms with Gasteiger partial charge in [-0.3, -0.25) is 4.79 Å². The molecule has 0 saturated heterocycles. The van der Waals surface area contributed by atoms with Crippen LogP contribution in [0.5, 0.6) is 5.75 Å². The Hall–Kier alpha value is -0.640. The molecular formula is C14H16Cl3NO2. The lowest BCUT2D eigenvalue weighted by Gasteiger charge is -2.22. The summed E-state index contributed by atoms with van der Waals surface area (Å²) < 4.78 is 5.39. The number of benzene rings is 1. The Morgan fingerprint density at radius 1 is 1.10 bits per heavy atom. The number of carbonyl (C=O) groups is 1. The molecule has 0 bridgehead atoms. The van der Waals surface area contributed by atoms with E-state index in [1.807, 2.05) is 0 Å². The van der Waals surface area contributed by atoms with Gasteiger partial charge in [0.05, 0.1) is 15.1 Å². The lowest BCUT2D eigenvalue weighted by Crippen LogP contribution is -2.38. The zero-order valence-electron chi connectivity index (χ0n) is 10.9. The van der Waals surface area contributed by atoms with Gasteiger partial charge in [0.2, 0.25) is 0 Å². The van der Waals surface area contributed by atoms with Crippen molar-refractivity contribution in [3.8, 4) is 5.75 Å². The number of nitrogens with one attached hydrogen (secondary N) is 1. The fourth-order valence-corrected chi connectivity index (χ4v) is 2.87. The molecule has 0 aliphatic heterocycles. The molecule has 1 aliphatic carbocycles. The second-order valence-electron chi connectivity index (χ2n) is 4.89. The third kappa shape index (κ3) is 4.44. The first-order valence-electron chi connectivity index (χ1n) is 6.63. The predicted molar refractivity (Wildman–Crippen MR) is 82.0 cm³/mol. The number of hydrogen-bond acceptors (Lipinski definition) is 2. The van der Waals surface area contributed by atoms with Crippen LogP contribution in [-0.2, 0) is 4.79 Å².